The highest BCUT2D eigenvalue weighted by Crippen LogP contribution is 2.29. The Bertz CT molecular complexity index is 744. The fourth-order valence-electron chi connectivity index (χ4n) is 3.42. The number of halogens is 3. The molecule has 0 saturated carbocycles. The van der Waals surface area contributed by atoms with Crippen molar-refractivity contribution in [3.63, 3.8) is 0 Å². The average Bonchev–Trinajstić information content (AvgIpc) is 2.74. The van der Waals surface area contributed by atoms with Crippen LogP contribution in [0.5, 0.6) is 0 Å². The molecule has 0 bridgehead atoms. The number of carbonyl (C=O) groups is 3. The van der Waals surface area contributed by atoms with E-state index in [0.717, 1.165) is 25.0 Å². The molecule has 0 radical (unpaired) electrons. The van der Waals surface area contributed by atoms with E-state index < -0.39 is 17.7 Å². The highest BCUT2D eigenvalue weighted by Gasteiger charge is 2.30. The summed E-state index contributed by atoms with van der Waals surface area (Å²) in [6.45, 7) is 1.24. The molecule has 2 amide bonds. The van der Waals surface area contributed by atoms with Crippen LogP contribution in [0, 0.1) is 5.92 Å². The molecule has 0 aliphatic carbocycles. The van der Waals surface area contributed by atoms with E-state index in [0.29, 0.717) is 37.4 Å². The number of hydrogen-bond acceptors (Lipinski definition) is 4. The fraction of sp³-hybridized carbons (Fsp3) is 0.571. The molecule has 1 saturated heterocycles. The molecule has 30 heavy (non-hydrogen) atoms. The number of ether oxygens (including phenoxy) is 1. The van der Waals surface area contributed by atoms with Crippen molar-refractivity contribution in [1.29, 1.82) is 0 Å². The molecule has 1 fully saturated rings. The quantitative estimate of drug-likeness (QED) is 0.645. The Morgan fingerprint density at radius 2 is 1.83 bits per heavy atom. The maximum atomic E-state index is 12.7. The number of nitrogens with zero attached hydrogens (tertiary/aromatic N) is 1. The molecule has 1 aromatic carbocycles. The highest BCUT2D eigenvalue weighted by atomic mass is 19.4. The minimum Gasteiger partial charge on any atom is -0.469 e. The van der Waals surface area contributed by atoms with Crippen LogP contribution in [-0.2, 0) is 31.8 Å². The average molecular weight is 428 g/mol. The number of hydrogen-bond donors (Lipinski definition) is 1. The van der Waals surface area contributed by atoms with E-state index in [-0.39, 0.29) is 31.2 Å². The monoisotopic (exact) mass is 428 g/mol. The first-order valence-electron chi connectivity index (χ1n) is 9.96. The number of methoxy groups -OCH3 is 1. The van der Waals surface area contributed by atoms with Crippen LogP contribution in [-0.4, -0.2) is 42.9 Å². The molecule has 1 aliphatic rings. The lowest BCUT2D eigenvalue weighted by Gasteiger charge is -2.32. The number of carbonyl (C=O) groups excluding carboxylic acids is 3. The van der Waals surface area contributed by atoms with E-state index in [9.17, 15) is 27.6 Å². The summed E-state index contributed by atoms with van der Waals surface area (Å²) >= 11 is 0. The van der Waals surface area contributed by atoms with Gasteiger partial charge in [0.2, 0.25) is 11.8 Å². The zero-order chi connectivity index (χ0) is 22.1. The van der Waals surface area contributed by atoms with Gasteiger partial charge in [0, 0.05) is 32.5 Å². The van der Waals surface area contributed by atoms with Crippen molar-refractivity contribution in [2.24, 2.45) is 5.92 Å². The second-order valence-electron chi connectivity index (χ2n) is 7.41. The Morgan fingerprint density at radius 3 is 2.47 bits per heavy atom. The third kappa shape index (κ3) is 7.68. The van der Waals surface area contributed by atoms with Crippen molar-refractivity contribution in [2.45, 2.75) is 51.2 Å². The highest BCUT2D eigenvalue weighted by molar-refractivity contribution is 5.81. The lowest BCUT2D eigenvalue weighted by Crippen LogP contribution is -2.38. The van der Waals surface area contributed by atoms with Crippen molar-refractivity contribution >= 4 is 17.8 Å². The van der Waals surface area contributed by atoms with Gasteiger partial charge in [-0.05, 0) is 42.9 Å². The zero-order valence-electron chi connectivity index (χ0n) is 17.0. The van der Waals surface area contributed by atoms with Gasteiger partial charge in [-0.1, -0.05) is 12.1 Å². The van der Waals surface area contributed by atoms with Crippen LogP contribution >= 0.6 is 0 Å². The largest absolute Gasteiger partial charge is 0.469 e. The summed E-state index contributed by atoms with van der Waals surface area (Å²) in [5, 5.41) is 2.66. The minimum atomic E-state index is -4.41. The second kappa shape index (κ2) is 11.0. The molecule has 2 rings (SSSR count). The van der Waals surface area contributed by atoms with Crippen LogP contribution in [0.3, 0.4) is 0 Å². The van der Waals surface area contributed by atoms with Gasteiger partial charge < -0.3 is 15.0 Å². The predicted octanol–water partition coefficient (Wildman–Crippen LogP) is 3.29. The number of esters is 1. The molecule has 1 aliphatic heterocycles. The summed E-state index contributed by atoms with van der Waals surface area (Å²) < 4.78 is 42.7. The lowest BCUT2D eigenvalue weighted by atomic mass is 9.92. The van der Waals surface area contributed by atoms with Gasteiger partial charge in [-0.2, -0.15) is 13.2 Å². The summed E-state index contributed by atoms with van der Waals surface area (Å²) in [6.07, 6.45) is -1.68. The predicted molar refractivity (Wildman–Crippen MR) is 103 cm³/mol. The van der Waals surface area contributed by atoms with E-state index in [1.165, 1.54) is 13.2 Å². The topological polar surface area (TPSA) is 75.7 Å². The molecule has 166 valence electrons. The summed E-state index contributed by atoms with van der Waals surface area (Å²) in [5.74, 6) is -0.370. The number of likely N-dealkylation sites (tertiary alicyclic amines) is 1. The Labute approximate surface area is 173 Å². The summed E-state index contributed by atoms with van der Waals surface area (Å²) in [5.41, 5.74) is -0.334. The smallest absolute Gasteiger partial charge is 0.416 e. The summed E-state index contributed by atoms with van der Waals surface area (Å²) in [4.78, 5) is 37.0. The van der Waals surface area contributed by atoms with Gasteiger partial charge in [0.15, 0.2) is 0 Å². The zero-order valence-corrected chi connectivity index (χ0v) is 17.0. The van der Waals surface area contributed by atoms with Crippen LogP contribution in [0.4, 0.5) is 13.2 Å². The molecular formula is C21H27F3N2O4. The van der Waals surface area contributed by atoms with E-state index in [4.69, 9.17) is 0 Å². The first-order valence-corrected chi connectivity index (χ1v) is 9.96. The van der Waals surface area contributed by atoms with Crippen molar-refractivity contribution < 1.29 is 32.3 Å². The van der Waals surface area contributed by atoms with Crippen LogP contribution < -0.4 is 5.32 Å². The van der Waals surface area contributed by atoms with Gasteiger partial charge >= 0.3 is 12.1 Å². The van der Waals surface area contributed by atoms with Crippen LogP contribution in [0.25, 0.3) is 0 Å². The van der Waals surface area contributed by atoms with Crippen LogP contribution in [0.1, 0.15) is 49.7 Å². The third-order valence-corrected chi connectivity index (χ3v) is 5.26. The van der Waals surface area contributed by atoms with Crippen molar-refractivity contribution in [3.05, 3.63) is 35.4 Å². The molecule has 0 atom stereocenters. The molecule has 1 heterocycles. The maximum absolute atomic E-state index is 12.7. The standard InChI is InChI=1S/C21H27F3N2O4/c1-30-20(29)8-7-19(28)26-11-9-15(10-12-26)5-6-18(27)25-14-16-3-2-4-17(13-16)21(22,23)24/h2-4,13,15H,5-12,14H2,1H3,(H,25,27). The first-order chi connectivity index (χ1) is 14.2. The van der Waals surface area contributed by atoms with Crippen molar-refractivity contribution in [1.82, 2.24) is 10.2 Å². The number of rotatable bonds is 8. The van der Waals surface area contributed by atoms with Gasteiger partial charge in [0.1, 0.15) is 0 Å². The van der Waals surface area contributed by atoms with Gasteiger partial charge in [0.05, 0.1) is 19.1 Å². The molecule has 9 heteroatoms. The number of piperidine rings is 1. The fourth-order valence-corrected chi connectivity index (χ4v) is 3.42. The Morgan fingerprint density at radius 1 is 1.13 bits per heavy atom. The number of alkyl halides is 3. The van der Waals surface area contributed by atoms with Crippen molar-refractivity contribution in [2.75, 3.05) is 20.2 Å². The minimum absolute atomic E-state index is 0.0515. The number of nitrogens with one attached hydrogen (secondary N) is 1. The normalized spacial score (nSPS) is 15.0. The first kappa shape index (κ1) is 23.7. The molecule has 0 aromatic heterocycles. The number of amides is 2. The van der Waals surface area contributed by atoms with E-state index in [1.54, 1.807) is 11.0 Å². The maximum Gasteiger partial charge on any atom is 0.416 e. The summed E-state index contributed by atoms with van der Waals surface area (Å²) in [6, 6.07) is 4.90. The molecule has 6 nitrogen and oxygen atoms in total. The molecule has 1 N–H and O–H groups in total. The lowest BCUT2D eigenvalue weighted by molar-refractivity contribution is -0.144. The summed E-state index contributed by atoms with van der Waals surface area (Å²) in [7, 11) is 1.29. The molecular weight excluding hydrogens is 401 g/mol. The van der Waals surface area contributed by atoms with E-state index >= 15 is 0 Å². The SMILES string of the molecule is COC(=O)CCC(=O)N1CCC(CCC(=O)NCc2cccc(C(F)(F)F)c2)CC1. The van der Waals surface area contributed by atoms with Gasteiger partial charge in [-0.15, -0.1) is 0 Å². The second-order valence-corrected chi connectivity index (χ2v) is 7.41. The van der Waals surface area contributed by atoms with Crippen LogP contribution in [0.2, 0.25) is 0 Å². The van der Waals surface area contributed by atoms with Gasteiger partial charge in [-0.25, -0.2) is 0 Å². The third-order valence-electron chi connectivity index (χ3n) is 5.26. The van der Waals surface area contributed by atoms with Crippen LogP contribution in [0.15, 0.2) is 24.3 Å². The van der Waals surface area contributed by atoms with E-state index in [1.807, 2.05) is 0 Å². The van der Waals surface area contributed by atoms with E-state index in [2.05, 4.69) is 10.1 Å². The Balaban J connectivity index is 1.67. The Hall–Kier alpha value is -2.58. The van der Waals surface area contributed by atoms with Gasteiger partial charge in [-0.3, -0.25) is 14.4 Å². The Kier molecular flexibility index (Phi) is 8.68. The molecule has 0 spiro atoms. The number of benzene rings is 1. The van der Waals surface area contributed by atoms with Gasteiger partial charge in [0.25, 0.3) is 0 Å². The van der Waals surface area contributed by atoms with Crippen molar-refractivity contribution in [3.8, 4) is 0 Å². The molecule has 1 aromatic rings. The molecule has 0 unspecified atom stereocenters.